The van der Waals surface area contributed by atoms with Gasteiger partial charge in [0.05, 0.1) is 11.7 Å². The summed E-state index contributed by atoms with van der Waals surface area (Å²) >= 11 is -0.587. The molecule has 0 aliphatic carbocycles. The smallest absolute Gasteiger partial charge is 0.216 e. The van der Waals surface area contributed by atoms with Crippen LogP contribution in [-0.2, 0) is 9.47 Å². The van der Waals surface area contributed by atoms with E-state index in [-0.39, 0.29) is 11.7 Å². The second-order valence-electron chi connectivity index (χ2n) is 3.79. The van der Waals surface area contributed by atoms with E-state index in [1.54, 1.807) is 7.11 Å². The van der Waals surface area contributed by atoms with Gasteiger partial charge in [-0.05, 0) is 13.8 Å². The van der Waals surface area contributed by atoms with Gasteiger partial charge in [0.2, 0.25) is 3.79 Å². The van der Waals surface area contributed by atoms with Crippen molar-refractivity contribution in [2.24, 2.45) is 0 Å². The monoisotopic (exact) mass is 300 g/mol. The minimum Gasteiger partial charge on any atom is -0.378 e. The lowest BCUT2D eigenvalue weighted by atomic mass is 9.92. The maximum Gasteiger partial charge on any atom is 0.216 e. The van der Waals surface area contributed by atoms with Crippen LogP contribution in [0.5, 0.6) is 0 Å². The maximum absolute atomic E-state index is 10.0. The highest BCUT2D eigenvalue weighted by molar-refractivity contribution is 14.2. The Kier molecular flexibility index (Phi) is 3.49. The van der Waals surface area contributed by atoms with Crippen LogP contribution in [0.25, 0.3) is 0 Å². The Morgan fingerprint density at radius 1 is 1.69 bits per heavy atom. The molecule has 4 heteroatoms. The van der Waals surface area contributed by atoms with Gasteiger partial charge in [-0.15, -0.1) is 0 Å². The van der Waals surface area contributed by atoms with Crippen LogP contribution in [-0.4, -0.2) is 32.2 Å². The lowest BCUT2D eigenvalue weighted by Crippen LogP contribution is -2.48. The van der Waals surface area contributed by atoms with Crippen LogP contribution in [0.15, 0.2) is 0 Å². The topological polar surface area (TPSA) is 38.7 Å². The van der Waals surface area contributed by atoms with Crippen LogP contribution >= 0.6 is 20.7 Å². The van der Waals surface area contributed by atoms with Crippen molar-refractivity contribution in [3.8, 4) is 0 Å². The Labute approximate surface area is 89.2 Å². The van der Waals surface area contributed by atoms with Crippen molar-refractivity contribution in [3.63, 3.8) is 0 Å². The predicted molar refractivity (Wildman–Crippen MR) is 61.3 cm³/mol. The van der Waals surface area contributed by atoms with Gasteiger partial charge in [-0.3, -0.25) is 0 Å². The van der Waals surface area contributed by atoms with E-state index in [0.717, 1.165) is 6.42 Å². The maximum atomic E-state index is 10.0. The molecule has 0 bridgehead atoms. The molecule has 1 saturated heterocycles. The Balaban J connectivity index is 2.79. The normalized spacial score (nSPS) is 46.3. The van der Waals surface area contributed by atoms with Crippen molar-refractivity contribution in [1.29, 1.82) is 0 Å². The largest absolute Gasteiger partial charge is 0.378 e. The number of aliphatic hydroxyl groups is 1. The van der Waals surface area contributed by atoms with Crippen LogP contribution in [0.2, 0.25) is 0 Å². The fourth-order valence-corrected chi connectivity index (χ4v) is 3.46. The predicted octanol–water partition coefficient (Wildman–Crippen LogP) is 1.64. The zero-order valence-electron chi connectivity index (χ0n) is 8.34. The molecule has 3 nitrogen and oxygen atoms in total. The average Bonchev–Trinajstić information content (AvgIpc) is 2.02. The molecule has 1 heterocycles. The summed E-state index contributed by atoms with van der Waals surface area (Å²) in [6.45, 7) is 3.97. The second kappa shape index (κ2) is 3.92. The molecule has 0 aromatic carbocycles. The molecule has 0 unspecified atom stereocenters. The molecule has 0 amide bonds. The van der Waals surface area contributed by atoms with Crippen LogP contribution in [0, 0.1) is 0 Å². The highest BCUT2D eigenvalue weighted by atomic mass is 127. The summed E-state index contributed by atoms with van der Waals surface area (Å²) in [5.41, 5.74) is -0.260. The quantitative estimate of drug-likeness (QED) is 0.622. The molecule has 13 heavy (non-hydrogen) atoms. The molecule has 1 rings (SSSR count). The van der Waals surface area contributed by atoms with Crippen molar-refractivity contribution in [2.45, 2.75) is 42.2 Å². The van der Waals surface area contributed by atoms with Gasteiger partial charge < -0.3 is 14.6 Å². The molecule has 0 spiro atoms. The van der Waals surface area contributed by atoms with Gasteiger partial charge in [0.15, 0.2) is 0 Å². The summed E-state index contributed by atoms with van der Waals surface area (Å²) < 4.78 is 13.7. The van der Waals surface area contributed by atoms with E-state index in [9.17, 15) is 5.11 Å². The van der Waals surface area contributed by atoms with E-state index < -0.39 is 24.5 Å². The summed E-state index contributed by atoms with van der Waals surface area (Å²) in [5, 5.41) is 10.0. The van der Waals surface area contributed by atoms with E-state index in [1.165, 1.54) is 0 Å². The second-order valence-corrected chi connectivity index (χ2v) is 6.23. The highest BCUT2D eigenvalue weighted by Crippen LogP contribution is 2.41. The number of alkyl halides is 1. The van der Waals surface area contributed by atoms with Gasteiger partial charge in [-0.1, -0.05) is 25.2 Å². The molecule has 0 aromatic heterocycles. The van der Waals surface area contributed by atoms with Crippen LogP contribution < -0.4 is 0 Å². The Morgan fingerprint density at radius 3 is 2.77 bits per heavy atom. The minimum absolute atomic E-state index is 0.0464. The molecule has 0 saturated carbocycles. The van der Waals surface area contributed by atoms with Gasteiger partial charge in [-0.25, -0.2) is 0 Å². The molecule has 3 atom stereocenters. The lowest BCUT2D eigenvalue weighted by molar-refractivity contribution is -0.226. The van der Waals surface area contributed by atoms with Crippen molar-refractivity contribution in [3.05, 3.63) is 0 Å². The van der Waals surface area contributed by atoms with E-state index in [4.69, 9.17) is 9.47 Å². The SMILES string of the molecule is C=I[C@]1(O)C[C@@](C)(OC)C[C@H](C)O1. The van der Waals surface area contributed by atoms with Gasteiger partial charge in [0.25, 0.3) is 0 Å². The average molecular weight is 300 g/mol. The molecule has 0 aromatic rings. The van der Waals surface area contributed by atoms with Crippen molar-refractivity contribution in [2.75, 3.05) is 7.11 Å². The van der Waals surface area contributed by atoms with Crippen LogP contribution in [0.4, 0.5) is 0 Å². The fraction of sp³-hybridized carbons (Fsp3) is 0.889. The number of ether oxygens (including phenoxy) is 2. The first-order valence-electron chi connectivity index (χ1n) is 4.28. The van der Waals surface area contributed by atoms with Crippen molar-refractivity contribution in [1.82, 2.24) is 0 Å². The summed E-state index contributed by atoms with van der Waals surface area (Å²) in [5.74, 6) is 0. The molecule has 78 valence electrons. The Morgan fingerprint density at radius 2 is 2.31 bits per heavy atom. The molecule has 0 radical (unpaired) electrons. The zero-order valence-corrected chi connectivity index (χ0v) is 10.5. The molecular formula is C9H17IO3. The lowest BCUT2D eigenvalue weighted by Gasteiger charge is -2.43. The summed E-state index contributed by atoms with van der Waals surface area (Å²) in [6.07, 6.45) is 1.41. The molecule has 1 aliphatic heterocycles. The molecule has 1 aliphatic rings. The summed E-state index contributed by atoms with van der Waals surface area (Å²) in [6, 6.07) is 0. The molecular weight excluding hydrogens is 283 g/mol. The van der Waals surface area contributed by atoms with Crippen molar-refractivity contribution >= 4 is 25.2 Å². The third kappa shape index (κ3) is 2.71. The van der Waals surface area contributed by atoms with E-state index in [0.29, 0.717) is 6.42 Å². The Hall–Kier alpha value is 0.480. The number of rotatable bonds is 2. The first-order chi connectivity index (χ1) is 5.93. The molecule has 1 N–H and O–H groups in total. The van der Waals surface area contributed by atoms with Crippen LogP contribution in [0.1, 0.15) is 26.7 Å². The standard InChI is InChI=1S/C9H17IO3/c1-7-5-8(2,12-4)6-9(11,10-3)13-7/h7,11H,3,5-6H2,1-2,4H3/t7-,8-,9-/m0/s1. The fourth-order valence-electron chi connectivity index (χ4n) is 1.77. The van der Waals surface area contributed by atoms with Crippen LogP contribution in [0.3, 0.4) is 0 Å². The minimum atomic E-state index is -0.999. The first kappa shape index (κ1) is 11.6. The van der Waals surface area contributed by atoms with Gasteiger partial charge in [0, 0.05) is 20.0 Å². The van der Waals surface area contributed by atoms with E-state index >= 15 is 0 Å². The summed E-state index contributed by atoms with van der Waals surface area (Å²) in [4.78, 5) is 0. The first-order valence-corrected chi connectivity index (χ1v) is 6.88. The van der Waals surface area contributed by atoms with E-state index in [2.05, 4.69) is 4.51 Å². The third-order valence-corrected chi connectivity index (χ3v) is 4.22. The Bertz CT molecular complexity index is 209. The van der Waals surface area contributed by atoms with E-state index in [1.807, 2.05) is 13.8 Å². The third-order valence-electron chi connectivity index (χ3n) is 2.39. The summed E-state index contributed by atoms with van der Waals surface area (Å²) in [7, 11) is 1.68. The highest BCUT2D eigenvalue weighted by Gasteiger charge is 2.44. The van der Waals surface area contributed by atoms with Gasteiger partial charge in [0.1, 0.15) is 0 Å². The van der Waals surface area contributed by atoms with Gasteiger partial charge >= 0.3 is 0 Å². The van der Waals surface area contributed by atoms with Crippen molar-refractivity contribution < 1.29 is 14.6 Å². The number of hydrogen-bond acceptors (Lipinski definition) is 3. The molecule has 1 fully saturated rings. The number of halogens is 1. The zero-order chi connectivity index (χ0) is 10.1. The van der Waals surface area contributed by atoms with Gasteiger partial charge in [-0.2, -0.15) is 0 Å². The number of hydrogen-bond donors (Lipinski definition) is 1. The number of methoxy groups -OCH3 is 1.